The third kappa shape index (κ3) is 4.59. The number of nitrogens with one attached hydrogen (secondary N) is 1. The van der Waals surface area contributed by atoms with E-state index in [0.29, 0.717) is 11.5 Å². The molecular formula is C15H15IN2O3. The Bertz CT molecular complexity index is 665. The van der Waals surface area contributed by atoms with Crippen molar-refractivity contribution in [3.05, 3.63) is 51.0 Å². The molecule has 0 atom stereocenters. The smallest absolute Gasteiger partial charge is 0.277 e. The van der Waals surface area contributed by atoms with E-state index in [1.165, 1.54) is 6.21 Å². The van der Waals surface area contributed by atoms with Crippen LogP contribution in [-0.4, -0.2) is 18.7 Å². The molecule has 0 unspecified atom stereocenters. The Morgan fingerprint density at radius 1 is 1.38 bits per heavy atom. The van der Waals surface area contributed by atoms with Crippen molar-refractivity contribution in [2.24, 2.45) is 5.10 Å². The van der Waals surface area contributed by atoms with Crippen molar-refractivity contribution in [2.45, 2.75) is 13.8 Å². The first-order valence-electron chi connectivity index (χ1n) is 6.32. The van der Waals surface area contributed by atoms with Gasteiger partial charge in [0.15, 0.2) is 10.4 Å². The van der Waals surface area contributed by atoms with Gasteiger partial charge in [0.05, 0.1) is 6.21 Å². The second kappa shape index (κ2) is 7.26. The van der Waals surface area contributed by atoms with Crippen LogP contribution < -0.4 is 10.2 Å². The zero-order valence-corrected chi connectivity index (χ0v) is 13.9. The summed E-state index contributed by atoms with van der Waals surface area (Å²) in [6.07, 6.45) is 1.44. The van der Waals surface area contributed by atoms with Gasteiger partial charge in [0.1, 0.15) is 11.5 Å². The minimum absolute atomic E-state index is 0.0860. The molecule has 110 valence electrons. The van der Waals surface area contributed by atoms with Gasteiger partial charge in [-0.05, 0) is 65.8 Å². The maximum absolute atomic E-state index is 11.6. The number of carbonyl (C=O) groups is 1. The number of hydrogen-bond donors (Lipinski definition) is 1. The summed E-state index contributed by atoms with van der Waals surface area (Å²) in [5, 5.41) is 3.81. The van der Waals surface area contributed by atoms with Gasteiger partial charge in [-0.1, -0.05) is 12.1 Å². The molecule has 0 bridgehead atoms. The summed E-state index contributed by atoms with van der Waals surface area (Å²) in [5.74, 6) is 0.957. The van der Waals surface area contributed by atoms with Crippen molar-refractivity contribution in [1.82, 2.24) is 5.43 Å². The Labute approximate surface area is 136 Å². The highest BCUT2D eigenvalue weighted by Crippen LogP contribution is 2.20. The van der Waals surface area contributed by atoms with Crippen molar-refractivity contribution in [1.29, 1.82) is 0 Å². The number of benzene rings is 1. The number of furan rings is 1. The van der Waals surface area contributed by atoms with Gasteiger partial charge in [0, 0.05) is 0 Å². The van der Waals surface area contributed by atoms with Crippen molar-refractivity contribution in [2.75, 3.05) is 6.61 Å². The Morgan fingerprint density at radius 3 is 2.90 bits per heavy atom. The quantitative estimate of drug-likeness (QED) is 0.479. The molecule has 0 aliphatic heterocycles. The number of amides is 1. The van der Waals surface area contributed by atoms with Gasteiger partial charge >= 0.3 is 0 Å². The van der Waals surface area contributed by atoms with Crippen molar-refractivity contribution in [3.63, 3.8) is 0 Å². The summed E-state index contributed by atoms with van der Waals surface area (Å²) in [4.78, 5) is 11.6. The molecule has 1 amide bonds. The van der Waals surface area contributed by atoms with Gasteiger partial charge in [0.2, 0.25) is 0 Å². The molecule has 0 aliphatic rings. The summed E-state index contributed by atoms with van der Waals surface area (Å²) in [7, 11) is 0. The highest BCUT2D eigenvalue weighted by molar-refractivity contribution is 14.1. The molecule has 6 heteroatoms. The fourth-order valence-corrected chi connectivity index (χ4v) is 2.06. The van der Waals surface area contributed by atoms with Crippen LogP contribution in [0, 0.1) is 17.6 Å². The second-order valence-corrected chi connectivity index (χ2v) is 5.48. The number of halogens is 1. The normalized spacial score (nSPS) is 10.8. The third-order valence-corrected chi connectivity index (χ3v) is 3.47. The summed E-state index contributed by atoms with van der Waals surface area (Å²) in [5.41, 5.74) is 4.54. The molecule has 0 spiro atoms. The lowest BCUT2D eigenvalue weighted by Crippen LogP contribution is -2.24. The molecule has 0 aliphatic carbocycles. The summed E-state index contributed by atoms with van der Waals surface area (Å²) in [6.45, 7) is 3.87. The Kier molecular flexibility index (Phi) is 5.38. The van der Waals surface area contributed by atoms with Gasteiger partial charge in [-0.3, -0.25) is 4.79 Å². The molecule has 0 radical (unpaired) electrons. The summed E-state index contributed by atoms with van der Waals surface area (Å²) >= 11 is 2.06. The highest BCUT2D eigenvalue weighted by Gasteiger charge is 2.05. The van der Waals surface area contributed by atoms with E-state index in [9.17, 15) is 4.79 Å². The first-order chi connectivity index (χ1) is 10.1. The number of rotatable bonds is 5. The van der Waals surface area contributed by atoms with Gasteiger partial charge in [-0.15, -0.1) is 0 Å². The number of nitrogens with zero attached hydrogens (tertiary/aromatic N) is 1. The van der Waals surface area contributed by atoms with Crippen LogP contribution in [-0.2, 0) is 4.79 Å². The Hall–Kier alpha value is -1.83. The Balaban J connectivity index is 1.82. The number of aryl methyl sites for hydroxylation is 1. The zero-order valence-electron chi connectivity index (χ0n) is 11.7. The van der Waals surface area contributed by atoms with Crippen molar-refractivity contribution >= 4 is 34.7 Å². The van der Waals surface area contributed by atoms with E-state index in [1.54, 1.807) is 6.07 Å². The monoisotopic (exact) mass is 398 g/mol. The van der Waals surface area contributed by atoms with Gasteiger partial charge in [0.25, 0.3) is 5.91 Å². The third-order valence-electron chi connectivity index (χ3n) is 2.89. The Morgan fingerprint density at radius 2 is 2.19 bits per heavy atom. The number of carbonyl (C=O) groups excluding carboxylic acids is 1. The largest absolute Gasteiger partial charge is 0.483 e. The fraction of sp³-hybridized carbons (Fsp3) is 0.200. The van der Waals surface area contributed by atoms with Crippen molar-refractivity contribution < 1.29 is 13.9 Å². The lowest BCUT2D eigenvalue weighted by molar-refractivity contribution is -0.123. The van der Waals surface area contributed by atoms with Crippen LogP contribution in [0.4, 0.5) is 0 Å². The number of ether oxygens (including phenoxy) is 1. The fourth-order valence-electron chi connectivity index (χ4n) is 1.62. The SMILES string of the molecule is Cc1cccc(OCC(=O)N/N=C\c2ccc(I)o2)c1C. The van der Waals surface area contributed by atoms with E-state index in [2.05, 4.69) is 33.1 Å². The molecule has 0 fully saturated rings. The van der Waals surface area contributed by atoms with E-state index < -0.39 is 0 Å². The number of hydrogen-bond acceptors (Lipinski definition) is 4. The van der Waals surface area contributed by atoms with Gasteiger partial charge in [-0.25, -0.2) is 5.43 Å². The lowest BCUT2D eigenvalue weighted by Gasteiger charge is -2.09. The molecule has 1 N–H and O–H groups in total. The predicted molar refractivity (Wildman–Crippen MR) is 88.6 cm³/mol. The first kappa shape index (κ1) is 15.6. The van der Waals surface area contributed by atoms with E-state index >= 15 is 0 Å². The molecular weight excluding hydrogens is 383 g/mol. The maximum atomic E-state index is 11.6. The summed E-state index contributed by atoms with van der Waals surface area (Å²) < 4.78 is 11.5. The molecule has 2 aromatic rings. The first-order valence-corrected chi connectivity index (χ1v) is 7.40. The molecule has 0 saturated carbocycles. The van der Waals surface area contributed by atoms with E-state index in [-0.39, 0.29) is 12.5 Å². The van der Waals surface area contributed by atoms with Gasteiger partial charge < -0.3 is 9.15 Å². The molecule has 0 saturated heterocycles. The van der Waals surface area contributed by atoms with E-state index in [4.69, 9.17) is 9.15 Å². The highest BCUT2D eigenvalue weighted by atomic mass is 127. The molecule has 1 aromatic carbocycles. The van der Waals surface area contributed by atoms with Gasteiger partial charge in [-0.2, -0.15) is 5.10 Å². The van der Waals surface area contributed by atoms with Crippen LogP contribution in [0.2, 0.25) is 0 Å². The topological polar surface area (TPSA) is 63.8 Å². The molecule has 21 heavy (non-hydrogen) atoms. The summed E-state index contributed by atoms with van der Waals surface area (Å²) in [6, 6.07) is 9.31. The standard InChI is InChI=1S/C15H15IN2O3/c1-10-4-3-5-13(11(10)2)20-9-15(19)18-17-8-12-6-7-14(16)21-12/h3-8H,9H2,1-2H3,(H,18,19)/b17-8-. The average Bonchev–Trinajstić information content (AvgIpc) is 2.86. The van der Waals surface area contributed by atoms with Crippen LogP contribution in [0.5, 0.6) is 5.75 Å². The van der Waals surface area contributed by atoms with Crippen LogP contribution in [0.3, 0.4) is 0 Å². The lowest BCUT2D eigenvalue weighted by atomic mass is 10.1. The van der Waals surface area contributed by atoms with Crippen LogP contribution in [0.25, 0.3) is 0 Å². The molecule has 1 aromatic heterocycles. The molecule has 2 rings (SSSR count). The number of hydrazone groups is 1. The van der Waals surface area contributed by atoms with E-state index in [0.717, 1.165) is 14.9 Å². The predicted octanol–water partition coefficient (Wildman–Crippen LogP) is 3.03. The maximum Gasteiger partial charge on any atom is 0.277 e. The zero-order chi connectivity index (χ0) is 15.2. The van der Waals surface area contributed by atoms with Crippen LogP contribution in [0.1, 0.15) is 16.9 Å². The second-order valence-electron chi connectivity index (χ2n) is 4.42. The minimum Gasteiger partial charge on any atom is -0.483 e. The molecule has 5 nitrogen and oxygen atoms in total. The average molecular weight is 398 g/mol. The van der Waals surface area contributed by atoms with Crippen LogP contribution >= 0.6 is 22.6 Å². The van der Waals surface area contributed by atoms with E-state index in [1.807, 2.05) is 38.1 Å². The minimum atomic E-state index is -0.326. The van der Waals surface area contributed by atoms with Crippen LogP contribution in [0.15, 0.2) is 39.9 Å². The molecule has 1 heterocycles. The van der Waals surface area contributed by atoms with Crippen molar-refractivity contribution in [3.8, 4) is 5.75 Å².